The van der Waals surface area contributed by atoms with E-state index in [1.165, 1.54) is 0 Å². The molecule has 0 aliphatic carbocycles. The van der Waals surface area contributed by atoms with E-state index in [1.54, 1.807) is 7.11 Å². The highest BCUT2D eigenvalue weighted by Crippen LogP contribution is 2.02. The molecule has 0 fully saturated rings. The zero-order valence-electron chi connectivity index (χ0n) is 9.01. The van der Waals surface area contributed by atoms with E-state index in [2.05, 4.69) is 27.7 Å². The third-order valence-electron chi connectivity index (χ3n) is 1.23. The number of nitrogens with zero attached hydrogens (tertiary/aromatic N) is 1. The number of hydrogen-bond donors (Lipinski definition) is 0. The standard InChI is InChI=1S/C7H17NO.C2H6/c1-6(2)8(9-5)7(3)4;1-2/h6-7H,1-5H3;1-2H3. The molecule has 0 unspecified atom stereocenters. The minimum atomic E-state index is 0.468. The van der Waals surface area contributed by atoms with Gasteiger partial charge in [0.05, 0.1) is 7.11 Å². The van der Waals surface area contributed by atoms with Crippen LogP contribution >= 0.6 is 0 Å². The molecule has 0 saturated carbocycles. The summed E-state index contributed by atoms with van der Waals surface area (Å²) in [7, 11) is 1.71. The first-order chi connectivity index (χ1) is 5.09. The Hall–Kier alpha value is -0.0800. The van der Waals surface area contributed by atoms with Crippen LogP contribution in [0.1, 0.15) is 41.5 Å². The topological polar surface area (TPSA) is 12.5 Å². The Balaban J connectivity index is 0. The molecule has 0 aromatic carbocycles. The summed E-state index contributed by atoms with van der Waals surface area (Å²) in [5, 5.41) is 1.96. The minimum Gasteiger partial charge on any atom is -0.302 e. The summed E-state index contributed by atoms with van der Waals surface area (Å²) in [5.74, 6) is 0. The molecule has 0 aliphatic heterocycles. The molecule has 0 heterocycles. The summed E-state index contributed by atoms with van der Waals surface area (Å²) in [4.78, 5) is 5.11. The highest BCUT2D eigenvalue weighted by molar-refractivity contribution is 4.56. The molecule has 0 bridgehead atoms. The summed E-state index contributed by atoms with van der Waals surface area (Å²) in [6.07, 6.45) is 0. The minimum absolute atomic E-state index is 0.468. The predicted molar refractivity (Wildman–Crippen MR) is 50.5 cm³/mol. The zero-order valence-corrected chi connectivity index (χ0v) is 9.01. The van der Waals surface area contributed by atoms with Crippen LogP contribution in [0.5, 0.6) is 0 Å². The third kappa shape index (κ3) is 6.32. The second-order valence-corrected chi connectivity index (χ2v) is 2.73. The molecule has 70 valence electrons. The van der Waals surface area contributed by atoms with Gasteiger partial charge in [-0.25, -0.2) is 0 Å². The summed E-state index contributed by atoms with van der Waals surface area (Å²) >= 11 is 0. The van der Waals surface area contributed by atoms with Crippen molar-refractivity contribution in [2.75, 3.05) is 7.11 Å². The largest absolute Gasteiger partial charge is 0.302 e. The molecule has 0 spiro atoms. The molecule has 0 N–H and O–H groups in total. The Morgan fingerprint density at radius 1 is 0.909 bits per heavy atom. The molecular formula is C9H23NO. The van der Waals surface area contributed by atoms with Crippen LogP contribution in [0.2, 0.25) is 0 Å². The van der Waals surface area contributed by atoms with Gasteiger partial charge in [-0.2, -0.15) is 5.06 Å². The van der Waals surface area contributed by atoms with Crippen LogP contribution in [0.15, 0.2) is 0 Å². The van der Waals surface area contributed by atoms with E-state index < -0.39 is 0 Å². The van der Waals surface area contributed by atoms with E-state index in [0.717, 1.165) is 0 Å². The van der Waals surface area contributed by atoms with Gasteiger partial charge in [0.15, 0.2) is 0 Å². The lowest BCUT2D eigenvalue weighted by Gasteiger charge is -2.27. The van der Waals surface area contributed by atoms with Crippen LogP contribution in [0.3, 0.4) is 0 Å². The van der Waals surface area contributed by atoms with E-state index in [0.29, 0.717) is 12.1 Å². The molecule has 0 radical (unpaired) electrons. The van der Waals surface area contributed by atoms with Crippen molar-refractivity contribution in [3.05, 3.63) is 0 Å². The van der Waals surface area contributed by atoms with Crippen molar-refractivity contribution in [2.45, 2.75) is 53.6 Å². The van der Waals surface area contributed by atoms with Crippen LogP contribution in [0, 0.1) is 0 Å². The zero-order chi connectivity index (χ0) is 9.44. The second kappa shape index (κ2) is 8.02. The van der Waals surface area contributed by atoms with Gasteiger partial charge in [-0.3, -0.25) is 0 Å². The van der Waals surface area contributed by atoms with Crippen molar-refractivity contribution in [3.8, 4) is 0 Å². The van der Waals surface area contributed by atoms with E-state index in [-0.39, 0.29) is 0 Å². The highest BCUT2D eigenvalue weighted by atomic mass is 16.7. The van der Waals surface area contributed by atoms with Crippen LogP contribution in [-0.4, -0.2) is 24.3 Å². The van der Waals surface area contributed by atoms with Crippen LogP contribution < -0.4 is 0 Å². The highest BCUT2D eigenvalue weighted by Gasteiger charge is 2.10. The molecular weight excluding hydrogens is 138 g/mol. The molecule has 0 atom stereocenters. The molecule has 11 heavy (non-hydrogen) atoms. The molecule has 0 rings (SSSR count). The van der Waals surface area contributed by atoms with E-state index >= 15 is 0 Å². The Morgan fingerprint density at radius 2 is 1.18 bits per heavy atom. The van der Waals surface area contributed by atoms with Crippen molar-refractivity contribution < 1.29 is 4.84 Å². The Kier molecular flexibility index (Phi) is 9.85. The fourth-order valence-corrected chi connectivity index (χ4v) is 1.02. The Bertz CT molecular complexity index is 64.0. The van der Waals surface area contributed by atoms with Crippen molar-refractivity contribution >= 4 is 0 Å². The van der Waals surface area contributed by atoms with Gasteiger partial charge in [0, 0.05) is 12.1 Å². The van der Waals surface area contributed by atoms with Gasteiger partial charge in [-0.15, -0.1) is 0 Å². The number of hydrogen-bond acceptors (Lipinski definition) is 2. The van der Waals surface area contributed by atoms with Gasteiger partial charge >= 0.3 is 0 Å². The van der Waals surface area contributed by atoms with Gasteiger partial charge in [-0.1, -0.05) is 13.8 Å². The molecule has 0 aromatic heterocycles. The van der Waals surface area contributed by atoms with E-state index in [1.807, 2.05) is 18.9 Å². The maximum absolute atomic E-state index is 5.11. The quantitative estimate of drug-likeness (QED) is 0.590. The maximum Gasteiger partial charge on any atom is 0.0575 e. The van der Waals surface area contributed by atoms with Crippen molar-refractivity contribution in [1.82, 2.24) is 5.06 Å². The first-order valence-corrected chi connectivity index (χ1v) is 4.42. The van der Waals surface area contributed by atoms with Crippen molar-refractivity contribution in [1.29, 1.82) is 0 Å². The van der Waals surface area contributed by atoms with Gasteiger partial charge < -0.3 is 4.84 Å². The van der Waals surface area contributed by atoms with E-state index in [4.69, 9.17) is 4.84 Å². The van der Waals surface area contributed by atoms with Gasteiger partial charge in [-0.05, 0) is 27.7 Å². The van der Waals surface area contributed by atoms with Crippen LogP contribution in [0.25, 0.3) is 0 Å². The van der Waals surface area contributed by atoms with Crippen molar-refractivity contribution in [3.63, 3.8) is 0 Å². The lowest BCUT2D eigenvalue weighted by molar-refractivity contribution is -0.174. The summed E-state index contributed by atoms with van der Waals surface area (Å²) < 4.78 is 0. The molecule has 0 aliphatic rings. The molecule has 0 aromatic rings. The summed E-state index contributed by atoms with van der Waals surface area (Å²) in [6, 6.07) is 0.935. The second-order valence-electron chi connectivity index (χ2n) is 2.73. The molecule has 2 heteroatoms. The normalized spacial score (nSPS) is 10.4. The van der Waals surface area contributed by atoms with Crippen LogP contribution in [-0.2, 0) is 4.84 Å². The first-order valence-electron chi connectivity index (χ1n) is 4.42. The lowest BCUT2D eigenvalue weighted by Crippen LogP contribution is -2.35. The SMILES string of the molecule is CC.CON(C(C)C)C(C)C. The average Bonchev–Trinajstić information content (AvgIpc) is 1.91. The Labute approximate surface area is 71.5 Å². The maximum atomic E-state index is 5.11. The first kappa shape index (κ1) is 13.5. The summed E-state index contributed by atoms with van der Waals surface area (Å²) in [5.41, 5.74) is 0. The fourth-order valence-electron chi connectivity index (χ4n) is 1.02. The molecule has 0 amide bonds. The predicted octanol–water partition coefficient (Wildman–Crippen LogP) is 2.69. The van der Waals surface area contributed by atoms with E-state index in [9.17, 15) is 0 Å². The van der Waals surface area contributed by atoms with Crippen LogP contribution in [0.4, 0.5) is 0 Å². The Morgan fingerprint density at radius 3 is 1.18 bits per heavy atom. The van der Waals surface area contributed by atoms with Gasteiger partial charge in [0.25, 0.3) is 0 Å². The lowest BCUT2D eigenvalue weighted by atomic mass is 10.3. The number of rotatable bonds is 3. The van der Waals surface area contributed by atoms with Gasteiger partial charge in [0.1, 0.15) is 0 Å². The monoisotopic (exact) mass is 161 g/mol. The van der Waals surface area contributed by atoms with Gasteiger partial charge in [0.2, 0.25) is 0 Å². The third-order valence-corrected chi connectivity index (χ3v) is 1.23. The van der Waals surface area contributed by atoms with Crippen molar-refractivity contribution in [2.24, 2.45) is 0 Å². The number of hydroxylamine groups is 2. The molecule has 0 saturated heterocycles. The summed E-state index contributed by atoms with van der Waals surface area (Å²) in [6.45, 7) is 12.5. The molecule has 2 nitrogen and oxygen atoms in total. The fraction of sp³-hybridized carbons (Fsp3) is 1.00. The average molecular weight is 161 g/mol. The smallest absolute Gasteiger partial charge is 0.0575 e.